The number of unbranched alkanes of at least 4 members (excludes halogenated alkanes) is 1. The first-order valence-corrected chi connectivity index (χ1v) is 4.91. The van der Waals surface area contributed by atoms with Crippen molar-refractivity contribution in [3.63, 3.8) is 0 Å². The second-order valence-electron chi connectivity index (χ2n) is 3.80. The van der Waals surface area contributed by atoms with Crippen LogP contribution in [0, 0.1) is 0 Å². The molecule has 3 heteroatoms. The van der Waals surface area contributed by atoms with E-state index in [2.05, 4.69) is 6.92 Å². The van der Waals surface area contributed by atoms with Gasteiger partial charge in [0.2, 0.25) is 0 Å². The van der Waals surface area contributed by atoms with Gasteiger partial charge in [-0.15, -0.1) is 0 Å². The molecule has 0 unspecified atom stereocenters. The van der Waals surface area contributed by atoms with Gasteiger partial charge >= 0.3 is 0 Å². The molecule has 0 aromatic rings. The van der Waals surface area contributed by atoms with Crippen molar-refractivity contribution in [3.8, 4) is 0 Å². The quantitative estimate of drug-likeness (QED) is 0.367. The van der Waals surface area contributed by atoms with Crippen molar-refractivity contribution < 1.29 is 4.59 Å². The van der Waals surface area contributed by atoms with Gasteiger partial charge in [0.1, 0.15) is 0 Å². The van der Waals surface area contributed by atoms with E-state index in [0.29, 0.717) is 0 Å². The Morgan fingerprint density at radius 1 is 1.17 bits per heavy atom. The van der Waals surface area contributed by atoms with Crippen LogP contribution in [0.4, 0.5) is 0 Å². The molecule has 0 aliphatic carbocycles. The zero-order chi connectivity index (χ0) is 8.16. The summed E-state index contributed by atoms with van der Waals surface area (Å²) in [4.78, 5) is 0. The zero-order valence-corrected chi connectivity index (χ0v) is 7.68. The number of piperidine rings is 1. The normalized spacial score (nSPS) is 21.5. The monoisotopic (exact) mass is 172 g/mol. The third kappa shape index (κ3) is 3.59. The summed E-state index contributed by atoms with van der Waals surface area (Å²) in [7, 11) is 0. The number of rotatable bonds is 3. The number of hydrogen-bond donors (Lipinski definition) is 1. The Labute approximate surface area is 78.3 Å². The van der Waals surface area contributed by atoms with Gasteiger partial charge in [0, 0.05) is 0 Å². The SMILES string of the molecule is CCCC[N+]1(N)CCCCC1.[BH4-]. The highest BCUT2D eigenvalue weighted by Crippen LogP contribution is 2.14. The van der Waals surface area contributed by atoms with E-state index in [9.17, 15) is 0 Å². The maximum absolute atomic E-state index is 6.18. The van der Waals surface area contributed by atoms with Crippen LogP contribution in [0.15, 0.2) is 0 Å². The molecule has 0 radical (unpaired) electrons. The minimum absolute atomic E-state index is 0. The molecule has 0 amide bonds. The highest BCUT2D eigenvalue weighted by atomic mass is 15.6. The van der Waals surface area contributed by atoms with Gasteiger partial charge in [-0.25, -0.2) is 4.59 Å². The van der Waals surface area contributed by atoms with E-state index in [-0.39, 0.29) is 8.41 Å². The van der Waals surface area contributed by atoms with Crippen molar-refractivity contribution in [3.05, 3.63) is 0 Å². The number of likely N-dealkylation sites (tertiary alicyclic amines) is 1. The Bertz CT molecular complexity index is 111. The smallest absolute Gasteiger partial charge is 0.0960 e. The molecule has 0 spiro atoms. The summed E-state index contributed by atoms with van der Waals surface area (Å²) >= 11 is 0. The molecule has 1 aliphatic heterocycles. The summed E-state index contributed by atoms with van der Waals surface area (Å²) in [6, 6.07) is 0. The van der Waals surface area contributed by atoms with E-state index in [0.717, 1.165) is 4.59 Å². The van der Waals surface area contributed by atoms with Gasteiger partial charge in [-0.3, -0.25) is 0 Å². The molecule has 2 N–H and O–H groups in total. The lowest BCUT2D eigenvalue weighted by atomic mass is 10.1. The first-order chi connectivity index (χ1) is 5.27. The summed E-state index contributed by atoms with van der Waals surface area (Å²) < 4.78 is 0.855. The predicted octanol–water partition coefficient (Wildman–Crippen LogP) is 0.209. The lowest BCUT2D eigenvalue weighted by Gasteiger charge is -2.35. The molecule has 0 aromatic heterocycles. The number of nitrogens with two attached hydrogens (primary N) is 1. The van der Waals surface area contributed by atoms with Crippen LogP contribution in [0.3, 0.4) is 0 Å². The Morgan fingerprint density at radius 3 is 2.25 bits per heavy atom. The molecule has 0 aromatic carbocycles. The minimum atomic E-state index is 0. The second kappa shape index (κ2) is 5.60. The molecular formula is C9H25BN2. The van der Waals surface area contributed by atoms with Gasteiger partial charge in [0.05, 0.1) is 19.6 Å². The fourth-order valence-electron chi connectivity index (χ4n) is 1.84. The molecule has 1 heterocycles. The third-order valence-corrected chi connectivity index (χ3v) is 2.66. The Morgan fingerprint density at radius 2 is 1.75 bits per heavy atom. The van der Waals surface area contributed by atoms with E-state index < -0.39 is 0 Å². The predicted molar refractivity (Wildman–Crippen MR) is 59.1 cm³/mol. The third-order valence-electron chi connectivity index (χ3n) is 2.66. The van der Waals surface area contributed by atoms with Crippen LogP contribution < -0.4 is 5.84 Å². The van der Waals surface area contributed by atoms with Crippen LogP contribution in [0.5, 0.6) is 0 Å². The summed E-state index contributed by atoms with van der Waals surface area (Å²) in [5.74, 6) is 6.18. The molecule has 12 heavy (non-hydrogen) atoms. The average Bonchev–Trinajstić information content (AvgIpc) is 2.03. The zero-order valence-electron chi connectivity index (χ0n) is 7.68. The van der Waals surface area contributed by atoms with E-state index >= 15 is 0 Å². The van der Waals surface area contributed by atoms with Crippen molar-refractivity contribution in [2.45, 2.75) is 39.0 Å². The highest BCUT2D eigenvalue weighted by molar-refractivity contribution is 5.75. The van der Waals surface area contributed by atoms with Gasteiger partial charge in [-0.05, 0) is 25.7 Å². The molecule has 74 valence electrons. The fourth-order valence-corrected chi connectivity index (χ4v) is 1.84. The van der Waals surface area contributed by atoms with Crippen LogP contribution >= 0.6 is 0 Å². The van der Waals surface area contributed by atoms with E-state index in [1.54, 1.807) is 0 Å². The van der Waals surface area contributed by atoms with Gasteiger partial charge < -0.3 is 0 Å². The molecule has 0 atom stereocenters. The number of hydrogen-bond acceptors (Lipinski definition) is 1. The highest BCUT2D eigenvalue weighted by Gasteiger charge is 2.24. The Kier molecular flexibility index (Phi) is 5.59. The van der Waals surface area contributed by atoms with Crippen molar-refractivity contribution in [1.82, 2.24) is 0 Å². The molecule has 1 fully saturated rings. The van der Waals surface area contributed by atoms with E-state index in [1.165, 1.54) is 51.7 Å². The Hall–Kier alpha value is -0.0151. The molecule has 1 aliphatic rings. The molecule has 1 saturated heterocycles. The summed E-state index contributed by atoms with van der Waals surface area (Å²) in [6.45, 7) is 5.84. The topological polar surface area (TPSA) is 26.0 Å². The first-order valence-electron chi connectivity index (χ1n) is 4.91. The molecule has 1 rings (SSSR count). The summed E-state index contributed by atoms with van der Waals surface area (Å²) in [5.41, 5.74) is 0. The van der Waals surface area contributed by atoms with Crippen LogP contribution in [0.2, 0.25) is 0 Å². The maximum atomic E-state index is 6.18. The van der Waals surface area contributed by atoms with E-state index in [4.69, 9.17) is 5.84 Å². The van der Waals surface area contributed by atoms with Crippen LogP contribution in [0.1, 0.15) is 39.0 Å². The molecule has 0 saturated carbocycles. The average molecular weight is 172 g/mol. The van der Waals surface area contributed by atoms with Crippen LogP contribution in [-0.2, 0) is 0 Å². The van der Waals surface area contributed by atoms with Gasteiger partial charge in [0.15, 0.2) is 0 Å². The van der Waals surface area contributed by atoms with Gasteiger partial charge in [-0.1, -0.05) is 21.8 Å². The molecule has 2 nitrogen and oxygen atoms in total. The number of nitrogens with zero attached hydrogens (tertiary/aromatic N) is 1. The summed E-state index contributed by atoms with van der Waals surface area (Å²) in [5, 5.41) is 0. The van der Waals surface area contributed by atoms with Crippen LogP contribution in [0.25, 0.3) is 0 Å². The maximum Gasteiger partial charge on any atom is 0.0960 e. The van der Waals surface area contributed by atoms with E-state index in [1.807, 2.05) is 0 Å². The lowest BCUT2D eigenvalue weighted by Crippen LogP contribution is -2.57. The summed E-state index contributed by atoms with van der Waals surface area (Å²) in [6.07, 6.45) is 6.62. The Balaban J connectivity index is 0.00000121. The fraction of sp³-hybridized carbons (Fsp3) is 1.00. The van der Waals surface area contributed by atoms with Crippen molar-refractivity contribution >= 4 is 8.41 Å². The largest absolute Gasteiger partial charge is 0.248 e. The standard InChI is InChI=1S/C9H21N2.BH4/c1-2-3-7-11(10)8-5-4-6-9-11;/h2-10H2,1H3;1H4/q+1;-1. The van der Waals surface area contributed by atoms with Crippen molar-refractivity contribution in [1.29, 1.82) is 0 Å². The molecular weight excluding hydrogens is 147 g/mol. The van der Waals surface area contributed by atoms with Crippen molar-refractivity contribution in [2.24, 2.45) is 5.84 Å². The molecule has 0 bridgehead atoms. The van der Waals surface area contributed by atoms with Gasteiger partial charge in [-0.2, -0.15) is 5.84 Å². The first kappa shape index (κ1) is 12.0. The van der Waals surface area contributed by atoms with Crippen molar-refractivity contribution in [2.75, 3.05) is 19.6 Å². The van der Waals surface area contributed by atoms with Gasteiger partial charge in [0.25, 0.3) is 0 Å². The number of quaternary nitrogens is 1. The lowest BCUT2D eigenvalue weighted by molar-refractivity contribution is -0.944. The van der Waals surface area contributed by atoms with Crippen LogP contribution in [-0.4, -0.2) is 32.6 Å². The second-order valence-corrected chi connectivity index (χ2v) is 3.80. The minimum Gasteiger partial charge on any atom is -0.248 e.